The number of nitrogens with zero attached hydrogens (tertiary/aromatic N) is 2. The second-order valence-corrected chi connectivity index (χ2v) is 1.95. The van der Waals surface area contributed by atoms with Crippen LogP contribution >= 0.6 is 11.6 Å². The van der Waals surface area contributed by atoms with Crippen LogP contribution in [0.3, 0.4) is 0 Å². The first-order valence-electron chi connectivity index (χ1n) is 2.62. The fourth-order valence-corrected chi connectivity index (χ4v) is 0.835. The van der Waals surface area contributed by atoms with Crippen molar-refractivity contribution in [3.05, 3.63) is 18.0 Å². The molecule has 0 saturated heterocycles. The molecular formula is C5H5ClF2N2. The van der Waals surface area contributed by atoms with Gasteiger partial charge < -0.3 is 0 Å². The van der Waals surface area contributed by atoms with E-state index in [1.54, 1.807) is 0 Å². The normalized spacial score (nSPS) is 10.8. The van der Waals surface area contributed by atoms with Gasteiger partial charge in [0.15, 0.2) is 0 Å². The van der Waals surface area contributed by atoms with Crippen LogP contribution in [-0.2, 0) is 5.88 Å². The zero-order chi connectivity index (χ0) is 7.56. The van der Waals surface area contributed by atoms with Crippen LogP contribution in [0.4, 0.5) is 8.78 Å². The van der Waals surface area contributed by atoms with Crippen molar-refractivity contribution in [2.45, 2.75) is 12.4 Å². The second-order valence-electron chi connectivity index (χ2n) is 1.68. The quantitative estimate of drug-likeness (QED) is 0.615. The number of halogens is 3. The molecule has 10 heavy (non-hydrogen) atoms. The van der Waals surface area contributed by atoms with Crippen molar-refractivity contribution in [2.75, 3.05) is 0 Å². The summed E-state index contributed by atoms with van der Waals surface area (Å²) in [5.41, 5.74) is 0.330. The highest BCUT2D eigenvalue weighted by atomic mass is 35.5. The minimum Gasteiger partial charge on any atom is -0.207 e. The Labute approximate surface area is 61.4 Å². The van der Waals surface area contributed by atoms with E-state index in [-0.39, 0.29) is 5.88 Å². The van der Waals surface area contributed by atoms with Crippen molar-refractivity contribution >= 4 is 11.6 Å². The van der Waals surface area contributed by atoms with Gasteiger partial charge in [-0.25, -0.2) is 4.68 Å². The molecule has 5 heteroatoms. The van der Waals surface area contributed by atoms with Gasteiger partial charge in [-0.05, 0) is 6.07 Å². The third kappa shape index (κ3) is 1.26. The Kier molecular flexibility index (Phi) is 2.21. The van der Waals surface area contributed by atoms with Crippen molar-refractivity contribution in [1.29, 1.82) is 0 Å². The van der Waals surface area contributed by atoms with Gasteiger partial charge in [0.2, 0.25) is 0 Å². The molecule has 0 aromatic carbocycles. The fraction of sp³-hybridized carbons (Fsp3) is 0.400. The maximum atomic E-state index is 11.9. The largest absolute Gasteiger partial charge is 0.333 e. The monoisotopic (exact) mass is 166 g/mol. The van der Waals surface area contributed by atoms with Crippen LogP contribution in [-0.4, -0.2) is 9.78 Å². The summed E-state index contributed by atoms with van der Waals surface area (Å²) < 4.78 is 24.4. The Hall–Kier alpha value is -0.640. The van der Waals surface area contributed by atoms with Crippen molar-refractivity contribution in [3.63, 3.8) is 0 Å². The summed E-state index contributed by atoms with van der Waals surface area (Å²) in [5.74, 6) is 0.0599. The van der Waals surface area contributed by atoms with Crippen molar-refractivity contribution in [1.82, 2.24) is 9.78 Å². The Morgan fingerprint density at radius 2 is 2.40 bits per heavy atom. The van der Waals surface area contributed by atoms with Gasteiger partial charge in [0.1, 0.15) is 0 Å². The van der Waals surface area contributed by atoms with Crippen LogP contribution < -0.4 is 0 Å². The van der Waals surface area contributed by atoms with E-state index >= 15 is 0 Å². The maximum absolute atomic E-state index is 11.9. The Morgan fingerprint density at radius 3 is 2.80 bits per heavy atom. The van der Waals surface area contributed by atoms with Crippen LogP contribution in [0.1, 0.15) is 12.2 Å². The standard InChI is InChI=1S/C5H5ClF2N2/c6-3-4-1-2-9-10(4)5(7)8/h1-2,5H,3H2. The van der Waals surface area contributed by atoms with E-state index in [1.165, 1.54) is 12.3 Å². The molecule has 1 heterocycles. The van der Waals surface area contributed by atoms with Gasteiger partial charge in [0, 0.05) is 6.20 Å². The molecule has 1 aromatic rings. The maximum Gasteiger partial charge on any atom is 0.333 e. The SMILES string of the molecule is FC(F)n1nccc1CCl. The van der Waals surface area contributed by atoms with Gasteiger partial charge in [-0.3, -0.25) is 0 Å². The molecule has 1 rings (SSSR count). The van der Waals surface area contributed by atoms with Gasteiger partial charge in [-0.15, -0.1) is 11.6 Å². The van der Waals surface area contributed by atoms with Gasteiger partial charge >= 0.3 is 6.55 Å². The lowest BCUT2D eigenvalue weighted by Gasteiger charge is -2.00. The highest BCUT2D eigenvalue weighted by Crippen LogP contribution is 2.12. The van der Waals surface area contributed by atoms with Crippen LogP contribution in [0.25, 0.3) is 0 Å². The number of alkyl halides is 3. The molecule has 56 valence electrons. The third-order valence-corrected chi connectivity index (χ3v) is 1.35. The Balaban J connectivity index is 2.90. The molecule has 0 amide bonds. The average Bonchev–Trinajstić information content (AvgIpc) is 2.33. The van der Waals surface area contributed by atoms with E-state index in [1.807, 2.05) is 0 Å². The van der Waals surface area contributed by atoms with E-state index in [0.29, 0.717) is 10.4 Å². The van der Waals surface area contributed by atoms with Crippen LogP contribution in [0, 0.1) is 0 Å². The van der Waals surface area contributed by atoms with Gasteiger partial charge in [-0.1, -0.05) is 0 Å². The zero-order valence-corrected chi connectivity index (χ0v) is 5.72. The summed E-state index contributed by atoms with van der Waals surface area (Å²) in [7, 11) is 0. The molecule has 0 aliphatic heterocycles. The van der Waals surface area contributed by atoms with Crippen LogP contribution in [0.5, 0.6) is 0 Å². The molecule has 0 fully saturated rings. The molecule has 1 aromatic heterocycles. The van der Waals surface area contributed by atoms with Crippen molar-refractivity contribution in [2.24, 2.45) is 0 Å². The summed E-state index contributed by atoms with van der Waals surface area (Å²) in [5, 5.41) is 3.37. The lowest BCUT2D eigenvalue weighted by Crippen LogP contribution is -2.03. The van der Waals surface area contributed by atoms with E-state index in [9.17, 15) is 8.78 Å². The minimum atomic E-state index is -2.59. The lowest BCUT2D eigenvalue weighted by atomic mass is 10.5. The summed E-state index contributed by atoms with van der Waals surface area (Å²) in [4.78, 5) is 0. The smallest absolute Gasteiger partial charge is 0.207 e. The molecule has 0 radical (unpaired) electrons. The summed E-state index contributed by atoms with van der Waals surface area (Å²) in [6, 6.07) is 1.46. The summed E-state index contributed by atoms with van der Waals surface area (Å²) >= 11 is 5.32. The summed E-state index contributed by atoms with van der Waals surface area (Å²) in [6.07, 6.45) is 1.30. The first-order valence-corrected chi connectivity index (χ1v) is 3.15. The van der Waals surface area contributed by atoms with E-state index in [2.05, 4.69) is 5.10 Å². The van der Waals surface area contributed by atoms with Crippen LogP contribution in [0.15, 0.2) is 12.3 Å². The number of hydrogen-bond acceptors (Lipinski definition) is 1. The predicted molar refractivity (Wildman–Crippen MR) is 33.0 cm³/mol. The van der Waals surface area contributed by atoms with E-state index < -0.39 is 6.55 Å². The topological polar surface area (TPSA) is 17.8 Å². The van der Waals surface area contributed by atoms with Crippen molar-refractivity contribution in [3.8, 4) is 0 Å². The highest BCUT2D eigenvalue weighted by Gasteiger charge is 2.09. The number of rotatable bonds is 2. The zero-order valence-electron chi connectivity index (χ0n) is 4.97. The highest BCUT2D eigenvalue weighted by molar-refractivity contribution is 6.16. The number of aromatic nitrogens is 2. The molecule has 0 N–H and O–H groups in total. The fourth-order valence-electron chi connectivity index (χ4n) is 0.623. The summed E-state index contributed by atoms with van der Waals surface area (Å²) in [6.45, 7) is -2.59. The molecule has 0 atom stereocenters. The predicted octanol–water partition coefficient (Wildman–Crippen LogP) is 2.02. The Bertz CT molecular complexity index is 211. The first kappa shape index (κ1) is 7.47. The van der Waals surface area contributed by atoms with Crippen molar-refractivity contribution < 1.29 is 8.78 Å². The van der Waals surface area contributed by atoms with Gasteiger partial charge in [0.25, 0.3) is 0 Å². The molecule has 0 aliphatic rings. The van der Waals surface area contributed by atoms with Crippen LogP contribution in [0.2, 0.25) is 0 Å². The molecule has 0 unspecified atom stereocenters. The van der Waals surface area contributed by atoms with E-state index in [0.717, 1.165) is 0 Å². The van der Waals surface area contributed by atoms with Gasteiger partial charge in [-0.2, -0.15) is 13.9 Å². The molecular weight excluding hydrogens is 162 g/mol. The Morgan fingerprint density at radius 1 is 1.70 bits per heavy atom. The molecule has 0 bridgehead atoms. The minimum absolute atomic E-state index is 0.0599. The first-order chi connectivity index (χ1) is 4.75. The van der Waals surface area contributed by atoms with E-state index in [4.69, 9.17) is 11.6 Å². The molecule has 2 nitrogen and oxygen atoms in total. The molecule has 0 saturated carbocycles. The molecule has 0 aliphatic carbocycles. The van der Waals surface area contributed by atoms with Gasteiger partial charge in [0.05, 0.1) is 11.6 Å². The third-order valence-electron chi connectivity index (χ3n) is 1.07. The lowest BCUT2D eigenvalue weighted by molar-refractivity contribution is 0.0541. The molecule has 0 spiro atoms. The average molecular weight is 167 g/mol. The second kappa shape index (κ2) is 2.96. The number of hydrogen-bond donors (Lipinski definition) is 0.